The summed E-state index contributed by atoms with van der Waals surface area (Å²) in [6, 6.07) is 3.65. The van der Waals surface area contributed by atoms with Crippen molar-refractivity contribution in [1.29, 1.82) is 0 Å². The third kappa shape index (κ3) is 2.26. The first kappa shape index (κ1) is 11.9. The Kier molecular flexibility index (Phi) is 3.06. The summed E-state index contributed by atoms with van der Waals surface area (Å²) in [5.41, 5.74) is 1.23. The Hall–Kier alpha value is -1.56. The Morgan fingerprint density at radius 3 is 2.82 bits per heavy atom. The van der Waals surface area contributed by atoms with E-state index in [9.17, 15) is 4.79 Å². The van der Waals surface area contributed by atoms with Gasteiger partial charge in [0.15, 0.2) is 5.76 Å². The first-order valence-electron chi connectivity index (χ1n) is 4.99. The van der Waals surface area contributed by atoms with Crippen molar-refractivity contribution < 1.29 is 14.3 Å². The van der Waals surface area contributed by atoms with Crippen LogP contribution in [0.5, 0.6) is 0 Å². The van der Waals surface area contributed by atoms with E-state index < -0.39 is 5.97 Å². The summed E-state index contributed by atoms with van der Waals surface area (Å²) in [4.78, 5) is 10.7. The summed E-state index contributed by atoms with van der Waals surface area (Å²) in [6.07, 6.45) is -0.0796. The first-order valence-corrected chi connectivity index (χ1v) is 5.78. The number of aromatic nitrogens is 2. The maximum absolute atomic E-state index is 10.7. The van der Waals surface area contributed by atoms with E-state index in [-0.39, 0.29) is 6.42 Å². The molecule has 2 rings (SSSR count). The lowest BCUT2D eigenvalue weighted by atomic mass is 10.2. The Morgan fingerprint density at radius 2 is 2.29 bits per heavy atom. The molecule has 0 aliphatic carbocycles. The summed E-state index contributed by atoms with van der Waals surface area (Å²) in [6.45, 7) is 1.85. The number of carboxylic acid groups (broad SMARTS) is 1. The molecule has 0 aliphatic heterocycles. The van der Waals surface area contributed by atoms with E-state index in [0.29, 0.717) is 21.6 Å². The molecule has 90 valence electrons. The lowest BCUT2D eigenvalue weighted by Gasteiger charge is -1.97. The molecular formula is C11H11BrN2O3. The average molecular weight is 299 g/mol. The molecule has 2 aromatic rings. The predicted molar refractivity (Wildman–Crippen MR) is 64.7 cm³/mol. The van der Waals surface area contributed by atoms with Crippen molar-refractivity contribution in [3.05, 3.63) is 28.1 Å². The van der Waals surface area contributed by atoms with Crippen LogP contribution in [0.1, 0.15) is 11.5 Å². The number of aliphatic carboxylic acids is 1. The quantitative estimate of drug-likeness (QED) is 0.944. The minimum Gasteiger partial charge on any atom is -0.481 e. The summed E-state index contributed by atoms with van der Waals surface area (Å²) in [7, 11) is 1.71. The summed E-state index contributed by atoms with van der Waals surface area (Å²) in [5.74, 6) is 0.523. The van der Waals surface area contributed by atoms with Crippen LogP contribution in [0.3, 0.4) is 0 Å². The smallest absolute Gasteiger partial charge is 0.309 e. The van der Waals surface area contributed by atoms with Gasteiger partial charge in [-0.2, -0.15) is 5.10 Å². The van der Waals surface area contributed by atoms with Crippen LogP contribution >= 0.6 is 15.9 Å². The molecule has 1 N–H and O–H groups in total. The van der Waals surface area contributed by atoms with Crippen LogP contribution in [0.2, 0.25) is 0 Å². The Labute approximate surface area is 106 Å². The van der Waals surface area contributed by atoms with E-state index in [1.807, 2.05) is 19.1 Å². The van der Waals surface area contributed by atoms with Crippen LogP contribution in [0, 0.1) is 6.92 Å². The third-order valence-electron chi connectivity index (χ3n) is 2.39. The van der Waals surface area contributed by atoms with Gasteiger partial charge in [-0.15, -0.1) is 0 Å². The zero-order valence-electron chi connectivity index (χ0n) is 9.40. The Balaban J connectivity index is 2.47. The monoisotopic (exact) mass is 298 g/mol. The number of carbonyl (C=O) groups is 1. The van der Waals surface area contributed by atoms with Crippen LogP contribution in [-0.2, 0) is 18.3 Å². The van der Waals surface area contributed by atoms with Gasteiger partial charge in [0.05, 0.1) is 16.6 Å². The molecule has 0 atom stereocenters. The maximum Gasteiger partial charge on any atom is 0.309 e. The number of rotatable bonds is 3. The van der Waals surface area contributed by atoms with Crippen LogP contribution in [0.15, 0.2) is 21.0 Å². The van der Waals surface area contributed by atoms with Gasteiger partial charge in [0, 0.05) is 7.05 Å². The van der Waals surface area contributed by atoms with Gasteiger partial charge >= 0.3 is 5.97 Å². The van der Waals surface area contributed by atoms with Gasteiger partial charge in [0.2, 0.25) is 0 Å². The number of carboxylic acids is 1. The molecule has 6 heteroatoms. The lowest BCUT2D eigenvalue weighted by Crippen LogP contribution is -2.06. The second-order valence-corrected chi connectivity index (χ2v) is 4.51. The molecule has 0 bridgehead atoms. The van der Waals surface area contributed by atoms with Gasteiger partial charge in [0.25, 0.3) is 0 Å². The minimum atomic E-state index is -0.893. The molecule has 0 fully saturated rings. The Bertz CT molecular complexity index is 571. The molecule has 0 saturated heterocycles. The second kappa shape index (κ2) is 4.37. The highest BCUT2D eigenvalue weighted by molar-refractivity contribution is 9.10. The van der Waals surface area contributed by atoms with Gasteiger partial charge in [-0.05, 0) is 35.0 Å². The highest BCUT2D eigenvalue weighted by Crippen LogP contribution is 2.31. The number of hydrogen-bond donors (Lipinski definition) is 1. The van der Waals surface area contributed by atoms with Crippen molar-refractivity contribution in [3.63, 3.8) is 0 Å². The van der Waals surface area contributed by atoms with Crippen LogP contribution in [-0.4, -0.2) is 20.9 Å². The van der Waals surface area contributed by atoms with E-state index in [1.54, 1.807) is 11.7 Å². The van der Waals surface area contributed by atoms with E-state index in [2.05, 4.69) is 21.0 Å². The maximum atomic E-state index is 10.7. The normalized spacial score (nSPS) is 10.8. The SMILES string of the molecule is Cc1ccc(-c2nn(C)c(CC(=O)O)c2Br)o1. The molecule has 0 aromatic carbocycles. The molecule has 0 aliphatic rings. The van der Waals surface area contributed by atoms with E-state index in [1.165, 1.54) is 0 Å². The molecule has 0 saturated carbocycles. The molecule has 0 radical (unpaired) electrons. The third-order valence-corrected chi connectivity index (χ3v) is 3.23. The van der Waals surface area contributed by atoms with E-state index in [4.69, 9.17) is 9.52 Å². The van der Waals surface area contributed by atoms with Crippen molar-refractivity contribution in [1.82, 2.24) is 9.78 Å². The van der Waals surface area contributed by atoms with Gasteiger partial charge in [-0.1, -0.05) is 0 Å². The standard InChI is InChI=1S/C11H11BrN2O3/c1-6-3-4-8(17-6)11-10(12)7(5-9(15)16)14(2)13-11/h3-4H,5H2,1-2H3,(H,15,16). The fraction of sp³-hybridized carbons (Fsp3) is 0.273. The summed E-state index contributed by atoms with van der Waals surface area (Å²) >= 11 is 3.37. The predicted octanol–water partition coefficient (Wildman–Crippen LogP) is 2.38. The summed E-state index contributed by atoms with van der Waals surface area (Å²) in [5, 5.41) is 13.1. The fourth-order valence-corrected chi connectivity index (χ4v) is 2.26. The highest BCUT2D eigenvalue weighted by atomic mass is 79.9. The van der Waals surface area contributed by atoms with Crippen molar-refractivity contribution in [2.75, 3.05) is 0 Å². The zero-order valence-corrected chi connectivity index (χ0v) is 11.0. The summed E-state index contributed by atoms with van der Waals surface area (Å²) < 4.78 is 7.68. The molecule has 0 unspecified atom stereocenters. The molecule has 2 heterocycles. The van der Waals surface area contributed by atoms with Gasteiger partial charge < -0.3 is 9.52 Å². The second-order valence-electron chi connectivity index (χ2n) is 3.71. The number of aryl methyl sites for hydroxylation is 2. The minimum absolute atomic E-state index is 0.0796. The lowest BCUT2D eigenvalue weighted by molar-refractivity contribution is -0.136. The van der Waals surface area contributed by atoms with Crippen molar-refractivity contribution in [2.24, 2.45) is 7.05 Å². The van der Waals surface area contributed by atoms with Crippen molar-refractivity contribution in [2.45, 2.75) is 13.3 Å². The number of furan rings is 1. The van der Waals surface area contributed by atoms with Crippen molar-refractivity contribution >= 4 is 21.9 Å². The van der Waals surface area contributed by atoms with Crippen LogP contribution in [0.4, 0.5) is 0 Å². The fourth-order valence-electron chi connectivity index (χ4n) is 1.59. The first-order chi connectivity index (χ1) is 7.99. The molecule has 17 heavy (non-hydrogen) atoms. The number of halogens is 1. The molecule has 2 aromatic heterocycles. The van der Waals surface area contributed by atoms with Crippen LogP contribution < -0.4 is 0 Å². The van der Waals surface area contributed by atoms with Crippen molar-refractivity contribution in [3.8, 4) is 11.5 Å². The average Bonchev–Trinajstić information content (AvgIpc) is 2.76. The highest BCUT2D eigenvalue weighted by Gasteiger charge is 2.19. The van der Waals surface area contributed by atoms with Gasteiger partial charge in [0.1, 0.15) is 11.5 Å². The molecule has 0 spiro atoms. The largest absolute Gasteiger partial charge is 0.481 e. The molecular weight excluding hydrogens is 288 g/mol. The number of hydrogen-bond acceptors (Lipinski definition) is 3. The van der Waals surface area contributed by atoms with Gasteiger partial charge in [-0.25, -0.2) is 0 Å². The molecule has 0 amide bonds. The number of nitrogens with zero attached hydrogens (tertiary/aromatic N) is 2. The van der Waals surface area contributed by atoms with E-state index in [0.717, 1.165) is 5.76 Å². The Morgan fingerprint density at radius 1 is 1.59 bits per heavy atom. The molecule has 5 nitrogen and oxygen atoms in total. The topological polar surface area (TPSA) is 68.3 Å². The van der Waals surface area contributed by atoms with Gasteiger partial charge in [-0.3, -0.25) is 9.48 Å². The van der Waals surface area contributed by atoms with E-state index >= 15 is 0 Å². The van der Waals surface area contributed by atoms with Crippen LogP contribution in [0.25, 0.3) is 11.5 Å². The zero-order chi connectivity index (χ0) is 12.6.